The molecule has 0 N–H and O–H groups in total. The first-order valence-electron chi connectivity index (χ1n) is 8.81. The van der Waals surface area contributed by atoms with Crippen LogP contribution in [-0.4, -0.2) is 25.0 Å². The van der Waals surface area contributed by atoms with E-state index in [1.807, 2.05) is 78.9 Å². The third kappa shape index (κ3) is 4.88. The molecule has 0 spiro atoms. The molecule has 4 nitrogen and oxygen atoms in total. The number of hydrogen-bond donors (Lipinski definition) is 0. The monoisotopic (exact) mass is 361 g/mol. The highest BCUT2D eigenvalue weighted by molar-refractivity contribution is 5.95. The summed E-state index contributed by atoms with van der Waals surface area (Å²) in [5.74, 6) is 1.56. The van der Waals surface area contributed by atoms with Gasteiger partial charge in [0.05, 0.1) is 7.11 Å². The number of carbonyl (C=O) groups excluding carboxylic acids is 1. The Labute approximate surface area is 160 Å². The van der Waals surface area contributed by atoms with Crippen LogP contribution in [0.3, 0.4) is 0 Å². The highest BCUT2D eigenvalue weighted by atomic mass is 16.5. The molecule has 0 atom stereocenters. The smallest absolute Gasteiger partial charge is 0.254 e. The Balaban J connectivity index is 1.69. The zero-order chi connectivity index (χ0) is 19.1. The fraction of sp³-hybridized carbons (Fsp3) is 0.174. The van der Waals surface area contributed by atoms with Crippen LogP contribution in [0.4, 0.5) is 0 Å². The van der Waals surface area contributed by atoms with E-state index in [0.717, 1.165) is 22.6 Å². The summed E-state index contributed by atoms with van der Waals surface area (Å²) in [7, 11) is 3.44. The number of ether oxygens (including phenoxy) is 2. The Morgan fingerprint density at radius 1 is 0.852 bits per heavy atom. The molecule has 3 rings (SSSR count). The Morgan fingerprint density at radius 3 is 2.22 bits per heavy atom. The highest BCUT2D eigenvalue weighted by Gasteiger charge is 2.16. The molecule has 1 amide bonds. The van der Waals surface area contributed by atoms with Crippen molar-refractivity contribution in [3.8, 4) is 11.5 Å². The predicted octanol–water partition coefficient (Wildman–Crippen LogP) is 4.55. The molecular weight excluding hydrogens is 338 g/mol. The van der Waals surface area contributed by atoms with E-state index in [1.165, 1.54) is 0 Å². The molecule has 0 unspecified atom stereocenters. The third-order valence-electron chi connectivity index (χ3n) is 4.31. The maximum Gasteiger partial charge on any atom is 0.254 e. The average Bonchev–Trinajstić information content (AvgIpc) is 2.73. The van der Waals surface area contributed by atoms with Crippen LogP contribution in [0.2, 0.25) is 0 Å². The summed E-state index contributed by atoms with van der Waals surface area (Å²) in [4.78, 5) is 14.7. The molecule has 0 bridgehead atoms. The number of hydrogen-bond acceptors (Lipinski definition) is 3. The third-order valence-corrected chi connectivity index (χ3v) is 4.31. The lowest BCUT2D eigenvalue weighted by molar-refractivity contribution is 0.0782. The van der Waals surface area contributed by atoms with Gasteiger partial charge >= 0.3 is 0 Å². The number of benzene rings is 3. The molecule has 3 aromatic carbocycles. The normalized spacial score (nSPS) is 10.3. The van der Waals surface area contributed by atoms with Crippen LogP contribution in [0.5, 0.6) is 11.5 Å². The van der Waals surface area contributed by atoms with Gasteiger partial charge in [0.1, 0.15) is 18.1 Å². The van der Waals surface area contributed by atoms with Gasteiger partial charge in [0, 0.05) is 24.7 Å². The van der Waals surface area contributed by atoms with E-state index >= 15 is 0 Å². The van der Waals surface area contributed by atoms with E-state index in [0.29, 0.717) is 18.7 Å². The Morgan fingerprint density at radius 2 is 1.52 bits per heavy atom. The van der Waals surface area contributed by atoms with Crippen LogP contribution in [0.25, 0.3) is 0 Å². The van der Waals surface area contributed by atoms with E-state index in [4.69, 9.17) is 9.47 Å². The lowest BCUT2D eigenvalue weighted by Crippen LogP contribution is -2.27. The van der Waals surface area contributed by atoms with Crippen molar-refractivity contribution in [2.24, 2.45) is 0 Å². The standard InChI is InChI=1S/C23H23NO3/c1-24(16-18-12-14-20(26-2)15-13-18)23(25)22-11-7-6-8-19(22)17-27-21-9-4-3-5-10-21/h3-15H,16-17H2,1-2H3. The molecule has 0 aliphatic carbocycles. The summed E-state index contributed by atoms with van der Waals surface area (Å²) < 4.78 is 11.0. The van der Waals surface area contributed by atoms with E-state index in [9.17, 15) is 4.79 Å². The Kier molecular flexibility index (Phi) is 6.10. The van der Waals surface area contributed by atoms with Crippen LogP contribution in [0.15, 0.2) is 78.9 Å². The van der Waals surface area contributed by atoms with Crippen molar-refractivity contribution in [3.05, 3.63) is 95.6 Å². The summed E-state index contributed by atoms with van der Waals surface area (Å²) in [6.45, 7) is 0.874. The minimum Gasteiger partial charge on any atom is -0.497 e. The minimum atomic E-state index is -0.0296. The van der Waals surface area contributed by atoms with Crippen LogP contribution in [0.1, 0.15) is 21.5 Å². The molecule has 0 saturated carbocycles. The predicted molar refractivity (Wildman–Crippen MR) is 106 cm³/mol. The van der Waals surface area contributed by atoms with Gasteiger partial charge in [-0.25, -0.2) is 0 Å². The van der Waals surface area contributed by atoms with Gasteiger partial charge in [-0.05, 0) is 35.9 Å². The SMILES string of the molecule is COc1ccc(CN(C)C(=O)c2ccccc2COc2ccccc2)cc1. The number of carbonyl (C=O) groups is 1. The molecule has 0 saturated heterocycles. The Hall–Kier alpha value is -3.27. The van der Waals surface area contributed by atoms with Gasteiger partial charge in [-0.1, -0.05) is 48.5 Å². The first-order valence-corrected chi connectivity index (χ1v) is 8.81. The Bertz CT molecular complexity index is 876. The van der Waals surface area contributed by atoms with Crippen molar-refractivity contribution in [2.75, 3.05) is 14.2 Å². The van der Waals surface area contributed by atoms with Crippen LogP contribution >= 0.6 is 0 Å². The molecule has 3 aromatic rings. The first-order chi connectivity index (χ1) is 13.2. The van der Waals surface area contributed by atoms with Crippen molar-refractivity contribution >= 4 is 5.91 Å². The molecule has 27 heavy (non-hydrogen) atoms. The van der Waals surface area contributed by atoms with Gasteiger partial charge in [-0.2, -0.15) is 0 Å². The van der Waals surface area contributed by atoms with E-state index < -0.39 is 0 Å². The topological polar surface area (TPSA) is 38.8 Å². The first kappa shape index (κ1) is 18.5. The lowest BCUT2D eigenvalue weighted by atomic mass is 10.1. The summed E-state index contributed by atoms with van der Waals surface area (Å²) in [6.07, 6.45) is 0. The van der Waals surface area contributed by atoms with Gasteiger partial charge in [-0.15, -0.1) is 0 Å². The number of methoxy groups -OCH3 is 1. The zero-order valence-electron chi connectivity index (χ0n) is 15.6. The molecular formula is C23H23NO3. The van der Waals surface area contributed by atoms with Crippen molar-refractivity contribution < 1.29 is 14.3 Å². The van der Waals surface area contributed by atoms with Crippen LogP contribution in [0, 0.1) is 0 Å². The molecule has 0 radical (unpaired) electrons. The average molecular weight is 361 g/mol. The van der Waals surface area contributed by atoms with Crippen LogP contribution < -0.4 is 9.47 Å². The second-order valence-corrected chi connectivity index (χ2v) is 6.27. The second kappa shape index (κ2) is 8.90. The number of para-hydroxylation sites is 1. The van der Waals surface area contributed by atoms with Gasteiger partial charge < -0.3 is 14.4 Å². The molecule has 138 valence electrons. The van der Waals surface area contributed by atoms with Crippen molar-refractivity contribution in [2.45, 2.75) is 13.2 Å². The summed E-state index contributed by atoms with van der Waals surface area (Å²) in [5, 5.41) is 0. The maximum atomic E-state index is 12.9. The molecule has 0 aliphatic rings. The number of amides is 1. The van der Waals surface area contributed by atoms with Crippen molar-refractivity contribution in [3.63, 3.8) is 0 Å². The summed E-state index contributed by atoms with van der Waals surface area (Å²) in [5.41, 5.74) is 2.57. The number of rotatable bonds is 7. The largest absolute Gasteiger partial charge is 0.497 e. The van der Waals surface area contributed by atoms with Crippen molar-refractivity contribution in [1.82, 2.24) is 4.90 Å². The summed E-state index contributed by atoms with van der Waals surface area (Å²) >= 11 is 0. The van der Waals surface area contributed by atoms with E-state index in [-0.39, 0.29) is 5.91 Å². The fourth-order valence-electron chi connectivity index (χ4n) is 2.81. The van der Waals surface area contributed by atoms with Gasteiger partial charge in [0.15, 0.2) is 0 Å². The van der Waals surface area contributed by atoms with Crippen LogP contribution in [-0.2, 0) is 13.2 Å². The molecule has 0 fully saturated rings. The van der Waals surface area contributed by atoms with E-state index in [1.54, 1.807) is 19.1 Å². The van der Waals surface area contributed by atoms with E-state index in [2.05, 4.69) is 0 Å². The lowest BCUT2D eigenvalue weighted by Gasteiger charge is -2.19. The minimum absolute atomic E-state index is 0.0296. The number of nitrogens with zero attached hydrogens (tertiary/aromatic N) is 1. The van der Waals surface area contributed by atoms with Gasteiger partial charge in [0.25, 0.3) is 5.91 Å². The molecule has 0 aliphatic heterocycles. The zero-order valence-corrected chi connectivity index (χ0v) is 15.6. The van der Waals surface area contributed by atoms with Gasteiger partial charge in [-0.3, -0.25) is 4.79 Å². The van der Waals surface area contributed by atoms with Gasteiger partial charge in [0.2, 0.25) is 0 Å². The fourth-order valence-corrected chi connectivity index (χ4v) is 2.81. The highest BCUT2D eigenvalue weighted by Crippen LogP contribution is 2.18. The molecule has 4 heteroatoms. The maximum absolute atomic E-state index is 12.9. The molecule has 0 heterocycles. The quantitative estimate of drug-likeness (QED) is 0.620. The summed E-state index contributed by atoms with van der Waals surface area (Å²) in [6, 6.07) is 24.9. The van der Waals surface area contributed by atoms with Crippen molar-refractivity contribution in [1.29, 1.82) is 0 Å². The second-order valence-electron chi connectivity index (χ2n) is 6.27. The molecule has 0 aromatic heterocycles.